The van der Waals surface area contributed by atoms with Crippen molar-refractivity contribution in [1.29, 1.82) is 0 Å². The number of ether oxygens (including phenoxy) is 1. The number of unbranched alkanes of at least 4 members (excludes halogenated alkanes) is 2. The molecule has 0 amide bonds. The molecule has 0 aliphatic heterocycles. The summed E-state index contributed by atoms with van der Waals surface area (Å²) < 4.78 is 36.7. The van der Waals surface area contributed by atoms with Crippen LogP contribution >= 0.6 is 12.6 Å². The maximum atomic E-state index is 8.74. The molecule has 0 bridgehead atoms. The minimum Gasteiger partial charge on any atom is -0.497 e. The number of hydrogen-bond acceptors (Lipinski definition) is 5. The topological polar surface area (TPSA) is 95.9 Å². The predicted octanol–water partition coefficient (Wildman–Crippen LogP) is 2.27. The molecule has 8 heteroatoms. The Morgan fingerprint density at radius 3 is 2.18 bits per heavy atom. The van der Waals surface area contributed by atoms with Crippen molar-refractivity contribution in [2.24, 2.45) is 0 Å². The van der Waals surface area contributed by atoms with Gasteiger partial charge in [0.15, 0.2) is 0 Å². The largest absolute Gasteiger partial charge is 0.497 e. The Bertz CT molecular complexity index is 469. The third kappa shape index (κ3) is 15.6. The maximum absolute atomic E-state index is 8.74. The lowest BCUT2D eigenvalue weighted by Gasteiger charge is -2.04. The van der Waals surface area contributed by atoms with Crippen molar-refractivity contribution in [2.45, 2.75) is 25.7 Å². The Morgan fingerprint density at radius 1 is 1.09 bits per heavy atom. The molecule has 128 valence electrons. The molecule has 0 saturated heterocycles. The van der Waals surface area contributed by atoms with Crippen molar-refractivity contribution < 1.29 is 22.3 Å². The van der Waals surface area contributed by atoms with Gasteiger partial charge in [-0.2, -0.15) is 21.0 Å². The zero-order valence-electron chi connectivity index (χ0n) is 12.7. The minimum atomic E-state index is -4.67. The summed E-state index contributed by atoms with van der Waals surface area (Å²) in [4.78, 5) is 0. The van der Waals surface area contributed by atoms with Gasteiger partial charge in [0, 0.05) is 12.3 Å². The van der Waals surface area contributed by atoms with Gasteiger partial charge in [0.1, 0.15) is 5.75 Å². The number of methoxy groups -OCH3 is 1. The summed E-state index contributed by atoms with van der Waals surface area (Å²) in [6, 6.07) is 8.36. The highest BCUT2D eigenvalue weighted by molar-refractivity contribution is 7.80. The molecule has 0 spiro atoms. The predicted molar refractivity (Wildman–Crippen MR) is 91.4 cm³/mol. The van der Waals surface area contributed by atoms with Crippen molar-refractivity contribution in [1.82, 2.24) is 5.32 Å². The second-order valence-electron chi connectivity index (χ2n) is 4.58. The fourth-order valence-corrected chi connectivity index (χ4v) is 1.91. The highest BCUT2D eigenvalue weighted by Crippen LogP contribution is 2.13. The van der Waals surface area contributed by atoms with Gasteiger partial charge < -0.3 is 10.1 Å². The van der Waals surface area contributed by atoms with Crippen molar-refractivity contribution in [2.75, 3.05) is 26.0 Å². The average molecular weight is 351 g/mol. The third-order valence-corrected chi connectivity index (χ3v) is 2.99. The van der Waals surface area contributed by atoms with Gasteiger partial charge in [-0.3, -0.25) is 9.11 Å². The smallest absolute Gasteiger partial charge is 0.394 e. The number of rotatable bonds is 9. The summed E-state index contributed by atoms with van der Waals surface area (Å²) in [6.07, 6.45) is 4.96. The van der Waals surface area contributed by atoms with E-state index < -0.39 is 10.4 Å². The van der Waals surface area contributed by atoms with E-state index in [-0.39, 0.29) is 0 Å². The van der Waals surface area contributed by atoms with Crippen LogP contribution in [0.4, 0.5) is 0 Å². The highest BCUT2D eigenvalue weighted by Gasteiger charge is 1.95. The monoisotopic (exact) mass is 351 g/mol. The molecule has 1 aromatic rings. The molecule has 22 heavy (non-hydrogen) atoms. The Hall–Kier alpha value is -0.800. The SMILES string of the molecule is COc1ccc(CCCCCNCCS)cc1.O=S(=O)(O)O. The van der Waals surface area contributed by atoms with Gasteiger partial charge >= 0.3 is 10.4 Å². The van der Waals surface area contributed by atoms with Crippen LogP contribution in [0.25, 0.3) is 0 Å². The zero-order valence-corrected chi connectivity index (χ0v) is 14.4. The number of thiol groups is 1. The lowest BCUT2D eigenvalue weighted by atomic mass is 10.1. The zero-order chi connectivity index (χ0) is 16.8. The Morgan fingerprint density at radius 2 is 1.68 bits per heavy atom. The van der Waals surface area contributed by atoms with Gasteiger partial charge in [0.25, 0.3) is 0 Å². The first-order valence-electron chi connectivity index (χ1n) is 7.01. The fraction of sp³-hybridized carbons (Fsp3) is 0.571. The first kappa shape index (κ1) is 21.2. The maximum Gasteiger partial charge on any atom is 0.394 e. The van der Waals surface area contributed by atoms with Gasteiger partial charge in [-0.25, -0.2) is 0 Å². The summed E-state index contributed by atoms with van der Waals surface area (Å²) in [5.41, 5.74) is 1.40. The molecular weight excluding hydrogens is 326 g/mol. The Labute approximate surface area is 138 Å². The number of hydrogen-bond donors (Lipinski definition) is 4. The van der Waals surface area contributed by atoms with Crippen LogP contribution in [-0.2, 0) is 16.8 Å². The van der Waals surface area contributed by atoms with E-state index in [1.165, 1.54) is 24.8 Å². The summed E-state index contributed by atoms with van der Waals surface area (Å²) in [6.45, 7) is 2.13. The average Bonchev–Trinajstić information content (AvgIpc) is 2.45. The van der Waals surface area contributed by atoms with E-state index in [4.69, 9.17) is 22.3 Å². The normalized spacial score (nSPS) is 10.7. The van der Waals surface area contributed by atoms with Gasteiger partial charge in [0.05, 0.1) is 7.11 Å². The van der Waals surface area contributed by atoms with Gasteiger partial charge in [-0.15, -0.1) is 0 Å². The molecule has 0 atom stereocenters. The van der Waals surface area contributed by atoms with Crippen LogP contribution in [0.2, 0.25) is 0 Å². The molecule has 0 aliphatic carbocycles. The van der Waals surface area contributed by atoms with Crippen LogP contribution in [0.1, 0.15) is 24.8 Å². The van der Waals surface area contributed by atoms with Gasteiger partial charge in [-0.05, 0) is 43.5 Å². The molecule has 0 aliphatic rings. The van der Waals surface area contributed by atoms with Crippen molar-refractivity contribution in [3.05, 3.63) is 29.8 Å². The molecule has 1 aromatic carbocycles. The van der Waals surface area contributed by atoms with E-state index >= 15 is 0 Å². The van der Waals surface area contributed by atoms with E-state index in [2.05, 4.69) is 30.1 Å². The molecule has 3 N–H and O–H groups in total. The lowest BCUT2D eigenvalue weighted by Crippen LogP contribution is -2.17. The van der Waals surface area contributed by atoms with E-state index in [0.717, 1.165) is 31.0 Å². The van der Waals surface area contributed by atoms with E-state index in [1.807, 2.05) is 12.1 Å². The Balaban J connectivity index is 0.000000763. The molecule has 0 unspecified atom stereocenters. The first-order valence-corrected chi connectivity index (χ1v) is 9.04. The van der Waals surface area contributed by atoms with Crippen LogP contribution in [0.15, 0.2) is 24.3 Å². The van der Waals surface area contributed by atoms with Crippen LogP contribution in [-0.4, -0.2) is 43.5 Å². The van der Waals surface area contributed by atoms with Crippen LogP contribution < -0.4 is 10.1 Å². The molecule has 1 rings (SSSR count). The Kier molecular flexibility index (Phi) is 12.3. The third-order valence-electron chi connectivity index (χ3n) is 2.77. The van der Waals surface area contributed by atoms with E-state index in [9.17, 15) is 0 Å². The van der Waals surface area contributed by atoms with Crippen molar-refractivity contribution >= 4 is 23.0 Å². The molecule has 0 radical (unpaired) electrons. The molecular formula is C14H25NO5S2. The number of aryl methyl sites for hydroxylation is 1. The van der Waals surface area contributed by atoms with Crippen LogP contribution in [0.5, 0.6) is 5.75 Å². The molecule has 0 saturated carbocycles. The van der Waals surface area contributed by atoms with E-state index in [1.54, 1.807) is 7.11 Å². The van der Waals surface area contributed by atoms with Crippen molar-refractivity contribution in [3.8, 4) is 5.75 Å². The van der Waals surface area contributed by atoms with Crippen LogP contribution in [0.3, 0.4) is 0 Å². The minimum absolute atomic E-state index is 0.922. The molecule has 0 fully saturated rings. The second kappa shape index (κ2) is 12.7. The summed E-state index contributed by atoms with van der Waals surface area (Å²) >= 11 is 4.16. The van der Waals surface area contributed by atoms with Crippen LogP contribution in [0, 0.1) is 0 Å². The fourth-order valence-electron chi connectivity index (χ4n) is 1.75. The molecule has 6 nitrogen and oxygen atoms in total. The molecule has 0 heterocycles. The quantitative estimate of drug-likeness (QED) is 0.310. The summed E-state index contributed by atoms with van der Waals surface area (Å²) in [7, 11) is -2.97. The standard InChI is InChI=1S/C14H23NOS.H2O4S/c1-16-14-8-6-13(7-9-14)5-3-2-4-10-15-11-12-17;1-5(2,3)4/h6-9,15,17H,2-5,10-12H2,1H3;(H2,1,2,3,4). The second-order valence-corrected chi connectivity index (χ2v) is 5.92. The molecule has 0 aromatic heterocycles. The lowest BCUT2D eigenvalue weighted by molar-refractivity contribution is 0.381. The van der Waals surface area contributed by atoms with Crippen molar-refractivity contribution in [3.63, 3.8) is 0 Å². The van der Waals surface area contributed by atoms with Gasteiger partial charge in [-0.1, -0.05) is 18.6 Å². The van der Waals surface area contributed by atoms with Gasteiger partial charge in [0.2, 0.25) is 0 Å². The number of nitrogens with one attached hydrogen (secondary N) is 1. The van der Waals surface area contributed by atoms with E-state index in [0.29, 0.717) is 0 Å². The highest BCUT2D eigenvalue weighted by atomic mass is 32.3. The summed E-state index contributed by atoms with van der Waals surface area (Å²) in [5.74, 6) is 1.86. The number of benzene rings is 1. The summed E-state index contributed by atoms with van der Waals surface area (Å²) in [5, 5.41) is 3.36. The first-order chi connectivity index (χ1) is 10.4.